The lowest BCUT2D eigenvalue weighted by Crippen LogP contribution is -2.11. The Hall–Kier alpha value is -1.76. The first-order chi connectivity index (χ1) is 9.00. The lowest BCUT2D eigenvalue weighted by Gasteiger charge is -2.21. The van der Waals surface area contributed by atoms with Gasteiger partial charge in [-0.1, -0.05) is 63.2 Å². The van der Waals surface area contributed by atoms with Crippen molar-refractivity contribution in [1.29, 1.82) is 0 Å². The van der Waals surface area contributed by atoms with Crippen molar-refractivity contribution >= 4 is 0 Å². The van der Waals surface area contributed by atoms with E-state index in [1.54, 1.807) is 7.11 Å². The Labute approximate surface area is 116 Å². The molecule has 0 aromatic heterocycles. The Morgan fingerprint density at radius 2 is 1.63 bits per heavy atom. The van der Waals surface area contributed by atoms with Crippen LogP contribution in [0.25, 0.3) is 0 Å². The molecular weight excluding hydrogens is 232 g/mol. The van der Waals surface area contributed by atoms with Crippen LogP contribution in [0, 0.1) is 0 Å². The molecule has 2 rings (SSSR count). The van der Waals surface area contributed by atoms with E-state index in [-0.39, 0.29) is 5.41 Å². The van der Waals surface area contributed by atoms with Gasteiger partial charge >= 0.3 is 0 Å². The molecule has 0 saturated carbocycles. The van der Waals surface area contributed by atoms with Gasteiger partial charge < -0.3 is 4.74 Å². The van der Waals surface area contributed by atoms with Crippen LogP contribution in [0.5, 0.6) is 5.75 Å². The smallest absolute Gasteiger partial charge is 0.122 e. The zero-order valence-corrected chi connectivity index (χ0v) is 12.2. The summed E-state index contributed by atoms with van der Waals surface area (Å²) in [5.41, 5.74) is 4.07. The topological polar surface area (TPSA) is 9.23 Å². The molecule has 1 nitrogen and oxygen atoms in total. The number of hydrogen-bond acceptors (Lipinski definition) is 1. The van der Waals surface area contributed by atoms with Crippen LogP contribution >= 0.6 is 0 Å². The molecule has 0 N–H and O–H groups in total. The van der Waals surface area contributed by atoms with Gasteiger partial charge in [0.1, 0.15) is 5.75 Å². The van der Waals surface area contributed by atoms with Gasteiger partial charge in [-0.25, -0.2) is 0 Å². The minimum absolute atomic E-state index is 0.164. The molecule has 0 aliphatic heterocycles. The molecule has 0 saturated heterocycles. The predicted octanol–water partition coefficient (Wildman–Crippen LogP) is 4.58. The van der Waals surface area contributed by atoms with Gasteiger partial charge in [0.25, 0.3) is 0 Å². The zero-order chi connectivity index (χ0) is 13.9. The van der Waals surface area contributed by atoms with E-state index in [2.05, 4.69) is 63.2 Å². The van der Waals surface area contributed by atoms with Crippen molar-refractivity contribution in [3.63, 3.8) is 0 Å². The van der Waals surface area contributed by atoms with Gasteiger partial charge in [0, 0.05) is 6.42 Å². The molecular formula is C18H22O. The molecule has 0 aliphatic carbocycles. The number of hydrogen-bond donors (Lipinski definition) is 0. The summed E-state index contributed by atoms with van der Waals surface area (Å²) in [4.78, 5) is 0. The van der Waals surface area contributed by atoms with Crippen LogP contribution in [-0.2, 0) is 11.8 Å². The van der Waals surface area contributed by atoms with E-state index in [0.717, 1.165) is 12.2 Å². The molecule has 0 heterocycles. The molecule has 1 heteroatoms. The molecule has 100 valence electrons. The zero-order valence-electron chi connectivity index (χ0n) is 12.2. The number of benzene rings is 2. The number of methoxy groups -OCH3 is 1. The normalized spacial score (nSPS) is 11.4. The van der Waals surface area contributed by atoms with Crippen LogP contribution in [-0.4, -0.2) is 7.11 Å². The van der Waals surface area contributed by atoms with E-state index in [0.29, 0.717) is 0 Å². The van der Waals surface area contributed by atoms with Gasteiger partial charge in [0.2, 0.25) is 0 Å². The minimum Gasteiger partial charge on any atom is -0.496 e. The van der Waals surface area contributed by atoms with Crippen molar-refractivity contribution in [3.8, 4) is 5.75 Å². The fourth-order valence-corrected chi connectivity index (χ4v) is 2.20. The standard InChI is InChI=1S/C18H22O/c1-18(2,3)16-10-11-17(19-4)15(13-16)12-14-8-6-5-7-9-14/h5-11,13H,12H2,1-4H3. The Morgan fingerprint density at radius 3 is 2.21 bits per heavy atom. The van der Waals surface area contributed by atoms with Gasteiger partial charge in [-0.05, 0) is 28.2 Å². The summed E-state index contributed by atoms with van der Waals surface area (Å²) < 4.78 is 5.49. The van der Waals surface area contributed by atoms with Crippen molar-refractivity contribution in [3.05, 3.63) is 65.2 Å². The SMILES string of the molecule is COc1ccc(C(C)(C)C)cc1Cc1ccccc1. The summed E-state index contributed by atoms with van der Waals surface area (Å²) in [6.45, 7) is 6.71. The van der Waals surface area contributed by atoms with E-state index in [4.69, 9.17) is 4.74 Å². The summed E-state index contributed by atoms with van der Waals surface area (Å²) in [5.74, 6) is 0.969. The molecule has 0 amide bonds. The number of ether oxygens (including phenoxy) is 1. The maximum atomic E-state index is 5.49. The maximum Gasteiger partial charge on any atom is 0.122 e. The van der Waals surface area contributed by atoms with Crippen molar-refractivity contribution in [2.75, 3.05) is 7.11 Å². The highest BCUT2D eigenvalue weighted by Crippen LogP contribution is 2.29. The lowest BCUT2D eigenvalue weighted by atomic mass is 9.85. The minimum atomic E-state index is 0.164. The third kappa shape index (κ3) is 3.37. The Morgan fingerprint density at radius 1 is 0.947 bits per heavy atom. The highest BCUT2D eigenvalue weighted by Gasteiger charge is 2.15. The van der Waals surface area contributed by atoms with E-state index >= 15 is 0 Å². The van der Waals surface area contributed by atoms with Crippen molar-refractivity contribution in [2.45, 2.75) is 32.6 Å². The summed E-state index contributed by atoms with van der Waals surface area (Å²) in [7, 11) is 1.74. The second-order valence-electron chi connectivity index (χ2n) is 5.94. The Kier molecular flexibility index (Phi) is 3.94. The fourth-order valence-electron chi connectivity index (χ4n) is 2.20. The summed E-state index contributed by atoms with van der Waals surface area (Å²) >= 11 is 0. The first-order valence-electron chi connectivity index (χ1n) is 6.72. The monoisotopic (exact) mass is 254 g/mol. The lowest BCUT2D eigenvalue weighted by molar-refractivity contribution is 0.410. The Bertz CT molecular complexity index is 535. The van der Waals surface area contributed by atoms with Crippen molar-refractivity contribution in [2.24, 2.45) is 0 Å². The molecule has 19 heavy (non-hydrogen) atoms. The van der Waals surface area contributed by atoms with E-state index in [9.17, 15) is 0 Å². The van der Waals surface area contributed by atoms with E-state index in [1.165, 1.54) is 16.7 Å². The molecule has 2 aromatic carbocycles. The van der Waals surface area contributed by atoms with Crippen LogP contribution in [0.4, 0.5) is 0 Å². The first-order valence-corrected chi connectivity index (χ1v) is 6.72. The first kappa shape index (κ1) is 13.7. The van der Waals surface area contributed by atoms with Crippen molar-refractivity contribution in [1.82, 2.24) is 0 Å². The predicted molar refractivity (Wildman–Crippen MR) is 80.9 cm³/mol. The highest BCUT2D eigenvalue weighted by molar-refractivity contribution is 5.42. The van der Waals surface area contributed by atoms with Gasteiger partial charge in [0.05, 0.1) is 7.11 Å². The molecule has 0 bridgehead atoms. The second kappa shape index (κ2) is 5.48. The average Bonchev–Trinajstić information content (AvgIpc) is 2.39. The maximum absolute atomic E-state index is 5.49. The summed E-state index contributed by atoms with van der Waals surface area (Å²) in [6.07, 6.45) is 0.911. The van der Waals surface area contributed by atoms with Gasteiger partial charge in [-0.3, -0.25) is 0 Å². The molecule has 2 aromatic rings. The summed E-state index contributed by atoms with van der Waals surface area (Å²) in [5, 5.41) is 0. The highest BCUT2D eigenvalue weighted by atomic mass is 16.5. The van der Waals surface area contributed by atoms with Gasteiger partial charge in [-0.2, -0.15) is 0 Å². The fraction of sp³-hybridized carbons (Fsp3) is 0.333. The van der Waals surface area contributed by atoms with Gasteiger partial charge in [0.15, 0.2) is 0 Å². The van der Waals surface area contributed by atoms with Crippen LogP contribution in [0.1, 0.15) is 37.5 Å². The summed E-state index contributed by atoms with van der Waals surface area (Å²) in [6, 6.07) is 17.0. The third-order valence-electron chi connectivity index (χ3n) is 3.38. The Balaban J connectivity index is 2.37. The molecule has 0 aliphatic rings. The quantitative estimate of drug-likeness (QED) is 0.778. The van der Waals surface area contributed by atoms with Crippen LogP contribution in [0.2, 0.25) is 0 Å². The molecule has 0 fully saturated rings. The largest absolute Gasteiger partial charge is 0.496 e. The van der Waals surface area contributed by atoms with Crippen LogP contribution in [0.15, 0.2) is 48.5 Å². The van der Waals surface area contributed by atoms with Crippen LogP contribution < -0.4 is 4.74 Å². The molecule has 0 spiro atoms. The third-order valence-corrected chi connectivity index (χ3v) is 3.38. The van der Waals surface area contributed by atoms with Gasteiger partial charge in [-0.15, -0.1) is 0 Å². The van der Waals surface area contributed by atoms with Crippen molar-refractivity contribution < 1.29 is 4.74 Å². The number of rotatable bonds is 3. The molecule has 0 radical (unpaired) electrons. The second-order valence-corrected chi connectivity index (χ2v) is 5.94. The van der Waals surface area contributed by atoms with E-state index < -0.39 is 0 Å². The van der Waals surface area contributed by atoms with Crippen LogP contribution in [0.3, 0.4) is 0 Å². The average molecular weight is 254 g/mol. The van der Waals surface area contributed by atoms with E-state index in [1.807, 2.05) is 6.07 Å². The molecule has 0 atom stereocenters. The molecule has 0 unspecified atom stereocenters.